The van der Waals surface area contributed by atoms with Crippen LogP contribution in [0.25, 0.3) is 0 Å². The predicted molar refractivity (Wildman–Crippen MR) is 72.6 cm³/mol. The molecule has 0 bridgehead atoms. The van der Waals surface area contributed by atoms with Gasteiger partial charge in [0.25, 0.3) is 0 Å². The third kappa shape index (κ3) is 2.95. The molecule has 2 unspecified atom stereocenters. The minimum absolute atomic E-state index is 0.257. The lowest BCUT2D eigenvalue weighted by Gasteiger charge is -2.19. The van der Waals surface area contributed by atoms with Gasteiger partial charge in [0, 0.05) is 18.2 Å². The normalized spacial score (nSPS) is 22.7. The number of hydrogen-bond donors (Lipinski definition) is 2. The van der Waals surface area contributed by atoms with Gasteiger partial charge in [-0.2, -0.15) is 5.26 Å². The molecule has 18 heavy (non-hydrogen) atoms. The van der Waals surface area contributed by atoms with Gasteiger partial charge in [-0.3, -0.25) is 0 Å². The second-order valence-corrected chi connectivity index (χ2v) is 5.25. The second kappa shape index (κ2) is 6.08. The van der Waals surface area contributed by atoms with E-state index in [-0.39, 0.29) is 6.61 Å². The molecule has 0 aliphatic heterocycles. The van der Waals surface area contributed by atoms with Crippen LogP contribution in [0.3, 0.4) is 0 Å². The Morgan fingerprint density at radius 3 is 2.89 bits per heavy atom. The Morgan fingerprint density at radius 1 is 1.39 bits per heavy atom. The first kappa shape index (κ1) is 13.2. The van der Waals surface area contributed by atoms with E-state index in [1.165, 1.54) is 6.42 Å². The zero-order valence-corrected chi connectivity index (χ0v) is 11.0. The van der Waals surface area contributed by atoms with Crippen molar-refractivity contribution >= 4 is 17.3 Å². The minimum atomic E-state index is 0.257. The molecule has 0 heterocycles. The quantitative estimate of drug-likeness (QED) is 0.879. The van der Waals surface area contributed by atoms with E-state index < -0.39 is 0 Å². The molecule has 0 amide bonds. The monoisotopic (exact) mass is 264 g/mol. The Bertz CT molecular complexity index is 456. The number of nitriles is 1. The van der Waals surface area contributed by atoms with Gasteiger partial charge in [-0.1, -0.05) is 18.0 Å². The van der Waals surface area contributed by atoms with Gasteiger partial charge in [-0.05, 0) is 42.9 Å². The van der Waals surface area contributed by atoms with Gasteiger partial charge in [0.05, 0.1) is 11.3 Å². The maximum absolute atomic E-state index is 9.28. The van der Waals surface area contributed by atoms with Crippen molar-refractivity contribution in [3.63, 3.8) is 0 Å². The van der Waals surface area contributed by atoms with E-state index in [0.717, 1.165) is 25.1 Å². The fraction of sp³-hybridized carbons (Fsp3) is 0.500. The lowest BCUT2D eigenvalue weighted by molar-refractivity contribution is 0.199. The fourth-order valence-corrected chi connectivity index (χ4v) is 2.80. The molecule has 4 heteroatoms. The molecule has 1 fully saturated rings. The summed E-state index contributed by atoms with van der Waals surface area (Å²) in [5.74, 6) is 0.878. The average Bonchev–Trinajstić information content (AvgIpc) is 2.84. The van der Waals surface area contributed by atoms with Crippen LogP contribution in [-0.4, -0.2) is 18.3 Å². The lowest BCUT2D eigenvalue weighted by Crippen LogP contribution is -2.21. The van der Waals surface area contributed by atoms with E-state index in [1.54, 1.807) is 18.2 Å². The molecule has 0 radical (unpaired) electrons. The summed E-state index contributed by atoms with van der Waals surface area (Å²) in [6.45, 7) is 1.05. The number of halogens is 1. The summed E-state index contributed by atoms with van der Waals surface area (Å²) in [5.41, 5.74) is 1.39. The number of nitrogens with one attached hydrogen (secondary N) is 1. The molecule has 1 aromatic carbocycles. The highest BCUT2D eigenvalue weighted by Crippen LogP contribution is 2.32. The number of aliphatic hydroxyl groups is 1. The maximum Gasteiger partial charge on any atom is 0.101 e. The van der Waals surface area contributed by atoms with E-state index in [2.05, 4.69) is 11.4 Å². The zero-order valence-electron chi connectivity index (χ0n) is 10.2. The third-order valence-corrected chi connectivity index (χ3v) is 3.94. The van der Waals surface area contributed by atoms with E-state index >= 15 is 0 Å². The molecule has 1 aromatic rings. The van der Waals surface area contributed by atoms with E-state index in [4.69, 9.17) is 16.9 Å². The topological polar surface area (TPSA) is 56.0 Å². The number of nitrogens with zero attached hydrogens (tertiary/aromatic N) is 1. The molecular weight excluding hydrogens is 248 g/mol. The van der Waals surface area contributed by atoms with E-state index in [9.17, 15) is 5.11 Å². The summed E-state index contributed by atoms with van der Waals surface area (Å²) < 4.78 is 0. The highest BCUT2D eigenvalue weighted by atomic mass is 35.5. The number of aliphatic hydroxyl groups excluding tert-OH is 1. The minimum Gasteiger partial charge on any atom is -0.396 e. The Labute approximate surface area is 112 Å². The molecule has 2 N–H and O–H groups in total. The van der Waals surface area contributed by atoms with Crippen LogP contribution in [0.4, 0.5) is 5.69 Å². The molecular formula is C14H17ClN2O. The van der Waals surface area contributed by atoms with Gasteiger partial charge in [0.2, 0.25) is 0 Å². The van der Waals surface area contributed by atoms with Gasteiger partial charge in [0.1, 0.15) is 6.07 Å². The Hall–Kier alpha value is -1.24. The fourth-order valence-electron chi connectivity index (χ4n) is 2.62. The van der Waals surface area contributed by atoms with Crippen molar-refractivity contribution in [1.29, 1.82) is 5.26 Å². The van der Waals surface area contributed by atoms with Crippen LogP contribution in [0.2, 0.25) is 5.02 Å². The van der Waals surface area contributed by atoms with Crippen LogP contribution >= 0.6 is 11.6 Å². The van der Waals surface area contributed by atoms with Crippen molar-refractivity contribution in [3.05, 3.63) is 28.8 Å². The predicted octanol–water partition coefficient (Wildman–Crippen LogP) is 3.03. The first-order valence-electron chi connectivity index (χ1n) is 6.29. The Morgan fingerprint density at radius 2 is 2.17 bits per heavy atom. The van der Waals surface area contributed by atoms with Gasteiger partial charge >= 0.3 is 0 Å². The standard InChI is InChI=1S/C14H17ClN2O/c15-13-5-4-10(7-16)14(6-13)17-8-11-2-1-3-12(11)9-18/h4-6,11-12,17-18H,1-3,8-9H2. The van der Waals surface area contributed by atoms with Gasteiger partial charge in [-0.25, -0.2) is 0 Å². The van der Waals surface area contributed by atoms with Crippen molar-refractivity contribution in [2.75, 3.05) is 18.5 Å². The van der Waals surface area contributed by atoms with Crippen LogP contribution in [0, 0.1) is 23.2 Å². The first-order valence-corrected chi connectivity index (χ1v) is 6.66. The molecule has 1 aliphatic carbocycles. The van der Waals surface area contributed by atoms with E-state index in [0.29, 0.717) is 22.4 Å². The van der Waals surface area contributed by atoms with Gasteiger partial charge in [0.15, 0.2) is 0 Å². The highest BCUT2D eigenvalue weighted by molar-refractivity contribution is 6.30. The SMILES string of the molecule is N#Cc1ccc(Cl)cc1NCC1CCCC1CO. The molecule has 2 rings (SSSR count). The van der Waals surface area contributed by atoms with Crippen molar-refractivity contribution in [1.82, 2.24) is 0 Å². The smallest absolute Gasteiger partial charge is 0.101 e. The maximum atomic E-state index is 9.28. The molecule has 1 aliphatic rings. The first-order chi connectivity index (χ1) is 8.74. The zero-order chi connectivity index (χ0) is 13.0. The van der Waals surface area contributed by atoms with Crippen molar-refractivity contribution < 1.29 is 5.11 Å². The molecule has 96 valence electrons. The van der Waals surface area contributed by atoms with E-state index in [1.807, 2.05) is 0 Å². The lowest BCUT2D eigenvalue weighted by atomic mass is 9.97. The summed E-state index contributed by atoms with van der Waals surface area (Å²) in [5, 5.41) is 22.2. The Kier molecular flexibility index (Phi) is 4.46. The van der Waals surface area contributed by atoms with Crippen molar-refractivity contribution in [2.45, 2.75) is 19.3 Å². The van der Waals surface area contributed by atoms with Crippen LogP contribution in [0.1, 0.15) is 24.8 Å². The highest BCUT2D eigenvalue weighted by Gasteiger charge is 2.26. The summed E-state index contributed by atoms with van der Waals surface area (Å²) in [7, 11) is 0. The number of benzene rings is 1. The van der Waals surface area contributed by atoms with Crippen LogP contribution in [0.15, 0.2) is 18.2 Å². The summed E-state index contributed by atoms with van der Waals surface area (Å²) in [6, 6.07) is 7.38. The molecule has 1 saturated carbocycles. The summed E-state index contributed by atoms with van der Waals surface area (Å²) >= 11 is 5.94. The second-order valence-electron chi connectivity index (χ2n) is 4.82. The third-order valence-electron chi connectivity index (χ3n) is 3.71. The largest absolute Gasteiger partial charge is 0.396 e. The summed E-state index contributed by atoms with van der Waals surface area (Å²) in [6.07, 6.45) is 3.42. The number of anilines is 1. The van der Waals surface area contributed by atoms with Crippen LogP contribution < -0.4 is 5.32 Å². The molecule has 0 saturated heterocycles. The van der Waals surface area contributed by atoms with Gasteiger partial charge < -0.3 is 10.4 Å². The number of hydrogen-bond acceptors (Lipinski definition) is 3. The average molecular weight is 265 g/mol. The van der Waals surface area contributed by atoms with Crippen LogP contribution in [-0.2, 0) is 0 Å². The summed E-state index contributed by atoms with van der Waals surface area (Å²) in [4.78, 5) is 0. The molecule has 2 atom stereocenters. The molecule has 0 spiro atoms. The number of rotatable bonds is 4. The molecule has 3 nitrogen and oxygen atoms in total. The van der Waals surface area contributed by atoms with Crippen LogP contribution in [0.5, 0.6) is 0 Å². The van der Waals surface area contributed by atoms with Crippen molar-refractivity contribution in [3.8, 4) is 6.07 Å². The van der Waals surface area contributed by atoms with Crippen molar-refractivity contribution in [2.24, 2.45) is 11.8 Å². The van der Waals surface area contributed by atoms with Gasteiger partial charge in [-0.15, -0.1) is 0 Å². The molecule has 0 aromatic heterocycles. The Balaban J connectivity index is 2.02.